The van der Waals surface area contributed by atoms with Gasteiger partial charge < -0.3 is 0 Å². The van der Waals surface area contributed by atoms with E-state index in [9.17, 15) is 5.26 Å². The number of nitrogens with zero attached hydrogens (tertiary/aromatic N) is 1. The van der Waals surface area contributed by atoms with Gasteiger partial charge in [0.15, 0.2) is 0 Å². The number of hydrogen-bond acceptors (Lipinski definition) is 2. The third-order valence-electron chi connectivity index (χ3n) is 3.48. The minimum Gasteiger partial charge on any atom is -0.192 e. The molecule has 0 amide bonds. The van der Waals surface area contributed by atoms with E-state index in [2.05, 4.69) is 49.4 Å². The Morgan fingerprint density at radius 1 is 0.952 bits per heavy atom. The molecule has 0 radical (unpaired) electrons. The Bertz CT molecular complexity index is 830. The Kier molecular flexibility index (Phi) is 3.94. The first kappa shape index (κ1) is 13.7. The molecular formula is C19H15NS. The summed E-state index contributed by atoms with van der Waals surface area (Å²) in [4.78, 5) is 1.23. The molecule has 0 heterocycles. The van der Waals surface area contributed by atoms with Gasteiger partial charge in [-0.1, -0.05) is 54.1 Å². The minimum absolute atomic E-state index is 0.741. The third-order valence-corrected chi connectivity index (χ3v) is 4.63. The highest BCUT2D eigenvalue weighted by molar-refractivity contribution is 7.98. The van der Waals surface area contributed by atoms with Crippen LogP contribution in [0.3, 0.4) is 0 Å². The smallest absolute Gasteiger partial charge is 0.0998 e. The quantitative estimate of drug-likeness (QED) is 0.610. The fourth-order valence-electron chi connectivity index (χ4n) is 2.46. The lowest BCUT2D eigenvalue weighted by Crippen LogP contribution is -1.85. The van der Waals surface area contributed by atoms with Crippen molar-refractivity contribution in [2.75, 3.05) is 0 Å². The minimum atomic E-state index is 0.741. The van der Waals surface area contributed by atoms with Gasteiger partial charge in [0.05, 0.1) is 11.6 Å². The van der Waals surface area contributed by atoms with Gasteiger partial charge in [-0.15, -0.1) is 11.8 Å². The van der Waals surface area contributed by atoms with Crippen molar-refractivity contribution in [3.8, 4) is 6.07 Å². The van der Waals surface area contributed by atoms with E-state index in [0.29, 0.717) is 0 Å². The summed E-state index contributed by atoms with van der Waals surface area (Å²) in [6, 6.07) is 23.0. The topological polar surface area (TPSA) is 23.8 Å². The summed E-state index contributed by atoms with van der Waals surface area (Å²) in [6.07, 6.45) is 0. The number of hydrogen-bond donors (Lipinski definition) is 0. The van der Waals surface area contributed by atoms with E-state index in [0.717, 1.165) is 22.1 Å². The van der Waals surface area contributed by atoms with Crippen molar-refractivity contribution in [3.63, 3.8) is 0 Å². The van der Waals surface area contributed by atoms with Crippen molar-refractivity contribution in [2.45, 2.75) is 17.6 Å². The van der Waals surface area contributed by atoms with Gasteiger partial charge in [-0.25, -0.2) is 0 Å². The van der Waals surface area contributed by atoms with Crippen molar-refractivity contribution in [1.82, 2.24) is 0 Å². The third kappa shape index (κ3) is 2.94. The highest BCUT2D eigenvalue weighted by Crippen LogP contribution is 2.32. The molecular weight excluding hydrogens is 274 g/mol. The van der Waals surface area contributed by atoms with Gasteiger partial charge in [0.25, 0.3) is 0 Å². The van der Waals surface area contributed by atoms with Crippen LogP contribution >= 0.6 is 11.8 Å². The van der Waals surface area contributed by atoms with Gasteiger partial charge in [-0.3, -0.25) is 0 Å². The summed E-state index contributed by atoms with van der Waals surface area (Å²) < 4.78 is 0. The summed E-state index contributed by atoms with van der Waals surface area (Å²) in [7, 11) is 0. The number of rotatable bonds is 3. The number of benzene rings is 3. The van der Waals surface area contributed by atoms with Crippen molar-refractivity contribution in [2.24, 2.45) is 0 Å². The van der Waals surface area contributed by atoms with Gasteiger partial charge in [0, 0.05) is 16.0 Å². The monoisotopic (exact) mass is 289 g/mol. The van der Waals surface area contributed by atoms with Crippen LogP contribution in [0.4, 0.5) is 0 Å². The number of thioether (sulfide) groups is 1. The maximum Gasteiger partial charge on any atom is 0.0998 e. The molecule has 0 unspecified atom stereocenters. The average Bonchev–Trinajstić information content (AvgIpc) is 2.52. The molecule has 0 fully saturated rings. The van der Waals surface area contributed by atoms with Crippen LogP contribution in [0, 0.1) is 18.3 Å². The molecule has 2 heteroatoms. The maximum atomic E-state index is 9.21. The fraction of sp³-hybridized carbons (Fsp3) is 0.105. The molecule has 0 aliphatic heterocycles. The van der Waals surface area contributed by atoms with Crippen molar-refractivity contribution in [1.29, 1.82) is 5.26 Å². The molecule has 0 saturated heterocycles. The number of fused-ring (bicyclic) bond motifs is 1. The molecule has 3 aromatic carbocycles. The van der Waals surface area contributed by atoms with Crippen molar-refractivity contribution < 1.29 is 0 Å². The summed E-state index contributed by atoms with van der Waals surface area (Å²) in [5, 5.41) is 11.4. The first-order valence-electron chi connectivity index (χ1n) is 6.88. The van der Waals surface area contributed by atoms with E-state index >= 15 is 0 Å². The van der Waals surface area contributed by atoms with Crippen LogP contribution in [-0.4, -0.2) is 0 Å². The zero-order valence-corrected chi connectivity index (χ0v) is 12.7. The number of aryl methyl sites for hydroxylation is 1. The molecule has 0 bridgehead atoms. The average molecular weight is 289 g/mol. The maximum absolute atomic E-state index is 9.21. The Hall–Kier alpha value is -2.24. The van der Waals surface area contributed by atoms with Crippen LogP contribution in [0.2, 0.25) is 0 Å². The lowest BCUT2D eigenvalue weighted by molar-refractivity contribution is 1.35. The van der Waals surface area contributed by atoms with Gasteiger partial charge in [0.1, 0.15) is 0 Å². The Balaban J connectivity index is 1.93. The molecule has 3 rings (SSSR count). The largest absolute Gasteiger partial charge is 0.192 e. The highest BCUT2D eigenvalue weighted by Gasteiger charge is 2.06. The Labute approximate surface area is 129 Å². The summed E-state index contributed by atoms with van der Waals surface area (Å²) in [5.74, 6) is 0.942. The molecule has 0 aliphatic carbocycles. The molecule has 0 saturated carbocycles. The lowest BCUT2D eigenvalue weighted by atomic mass is 10.1. The van der Waals surface area contributed by atoms with E-state index in [-0.39, 0.29) is 0 Å². The summed E-state index contributed by atoms with van der Waals surface area (Å²) in [5.41, 5.74) is 3.36. The van der Waals surface area contributed by atoms with Gasteiger partial charge in [0.2, 0.25) is 0 Å². The predicted molar refractivity (Wildman–Crippen MR) is 89.4 cm³/mol. The first-order chi connectivity index (χ1) is 10.3. The van der Waals surface area contributed by atoms with Crippen LogP contribution in [0.15, 0.2) is 65.6 Å². The number of nitriles is 1. The van der Waals surface area contributed by atoms with Crippen molar-refractivity contribution in [3.05, 3.63) is 77.4 Å². The van der Waals surface area contributed by atoms with E-state index in [1.54, 1.807) is 0 Å². The lowest BCUT2D eigenvalue weighted by Gasteiger charge is -2.08. The van der Waals surface area contributed by atoms with E-state index in [4.69, 9.17) is 0 Å². The fourth-order valence-corrected chi connectivity index (χ4v) is 3.46. The molecule has 1 nitrogen and oxygen atoms in total. The molecule has 21 heavy (non-hydrogen) atoms. The van der Waals surface area contributed by atoms with Gasteiger partial charge >= 0.3 is 0 Å². The molecule has 0 N–H and O–H groups in total. The first-order valence-corrected chi connectivity index (χ1v) is 7.86. The zero-order chi connectivity index (χ0) is 14.7. The Morgan fingerprint density at radius 2 is 1.76 bits per heavy atom. The van der Waals surface area contributed by atoms with Crippen molar-refractivity contribution >= 4 is 22.5 Å². The van der Waals surface area contributed by atoms with Crippen LogP contribution in [0.25, 0.3) is 10.8 Å². The van der Waals surface area contributed by atoms with Crippen LogP contribution in [0.5, 0.6) is 0 Å². The van der Waals surface area contributed by atoms with Crippen LogP contribution < -0.4 is 0 Å². The second-order valence-electron chi connectivity index (χ2n) is 5.05. The molecule has 0 spiro atoms. The summed E-state index contributed by atoms with van der Waals surface area (Å²) >= 11 is 1.82. The second-order valence-corrected chi connectivity index (χ2v) is 6.06. The van der Waals surface area contributed by atoms with E-state index < -0.39 is 0 Å². The predicted octanol–water partition coefficient (Wildman–Crippen LogP) is 5.31. The summed E-state index contributed by atoms with van der Waals surface area (Å²) in [6.45, 7) is 2.12. The molecule has 0 aliphatic rings. The standard InChI is InChI=1S/C19H15NS/c1-14-5-4-6-15(11-14)13-21-19-10-9-16(12-20)17-7-2-3-8-18(17)19/h2-11H,13H2,1H3. The van der Waals surface area contributed by atoms with Gasteiger partial charge in [-0.2, -0.15) is 5.26 Å². The molecule has 3 aromatic rings. The van der Waals surface area contributed by atoms with E-state index in [1.807, 2.05) is 36.0 Å². The Morgan fingerprint density at radius 3 is 2.52 bits per heavy atom. The zero-order valence-electron chi connectivity index (χ0n) is 11.8. The van der Waals surface area contributed by atoms with E-state index in [1.165, 1.54) is 16.0 Å². The second kappa shape index (κ2) is 6.03. The van der Waals surface area contributed by atoms with Crippen LogP contribution in [0.1, 0.15) is 16.7 Å². The normalized spacial score (nSPS) is 10.5. The molecule has 102 valence electrons. The van der Waals surface area contributed by atoms with Crippen LogP contribution in [-0.2, 0) is 5.75 Å². The molecule has 0 atom stereocenters. The SMILES string of the molecule is Cc1cccc(CSc2ccc(C#N)c3ccccc23)c1. The highest BCUT2D eigenvalue weighted by atomic mass is 32.2. The molecule has 0 aromatic heterocycles. The van der Waals surface area contributed by atoms with Gasteiger partial charge in [-0.05, 0) is 30.0 Å².